The van der Waals surface area contributed by atoms with Gasteiger partial charge in [-0.3, -0.25) is 4.79 Å². The molecule has 1 atom stereocenters. The summed E-state index contributed by atoms with van der Waals surface area (Å²) in [6.07, 6.45) is -0.000867. The van der Waals surface area contributed by atoms with Crippen molar-refractivity contribution < 1.29 is 13.9 Å². The summed E-state index contributed by atoms with van der Waals surface area (Å²) in [6, 6.07) is 11.6. The van der Waals surface area contributed by atoms with E-state index >= 15 is 0 Å². The summed E-state index contributed by atoms with van der Waals surface area (Å²) < 4.78 is 19.6. The number of nitrogens with zero attached hydrogens (tertiary/aromatic N) is 1. The molecule has 5 heteroatoms. The van der Waals surface area contributed by atoms with E-state index in [0.717, 1.165) is 0 Å². The quantitative estimate of drug-likeness (QED) is 0.886. The van der Waals surface area contributed by atoms with Crippen LogP contribution in [0, 0.1) is 5.82 Å². The van der Waals surface area contributed by atoms with Gasteiger partial charge in [0.2, 0.25) is 0 Å². The number of nitrogens with two attached hydrogens (primary N) is 1. The highest BCUT2D eigenvalue weighted by atomic mass is 19.1. The van der Waals surface area contributed by atoms with Gasteiger partial charge >= 0.3 is 0 Å². The Bertz CT molecular complexity index is 718. The van der Waals surface area contributed by atoms with Crippen LogP contribution in [0.5, 0.6) is 5.75 Å². The number of hydrogen-bond donors (Lipinski definition) is 1. The molecular weight excluding hydrogens is 283 g/mol. The molecule has 1 aliphatic rings. The van der Waals surface area contributed by atoms with Crippen molar-refractivity contribution in [1.29, 1.82) is 0 Å². The average Bonchev–Trinajstić information content (AvgIpc) is 2.52. The van der Waals surface area contributed by atoms with Gasteiger partial charge in [-0.05, 0) is 30.7 Å². The lowest BCUT2D eigenvalue weighted by Crippen LogP contribution is -2.45. The molecule has 22 heavy (non-hydrogen) atoms. The predicted octanol–water partition coefficient (Wildman–Crippen LogP) is 3.11. The van der Waals surface area contributed by atoms with Gasteiger partial charge in [0, 0.05) is 11.3 Å². The lowest BCUT2D eigenvalue weighted by Gasteiger charge is -2.34. The summed E-state index contributed by atoms with van der Waals surface area (Å²) in [5.41, 5.74) is 7.38. The maximum Gasteiger partial charge on any atom is 0.268 e. The zero-order chi connectivity index (χ0) is 15.7. The number of amides is 1. The SMILES string of the molecule is CCC1Oc2ccc(N)cc2N(Cc2ccccc2F)C1=O. The predicted molar refractivity (Wildman–Crippen MR) is 83.2 cm³/mol. The number of rotatable bonds is 3. The molecule has 2 N–H and O–H groups in total. The fourth-order valence-corrected chi connectivity index (χ4v) is 2.56. The van der Waals surface area contributed by atoms with Crippen LogP contribution in [0.3, 0.4) is 0 Å². The largest absolute Gasteiger partial charge is 0.478 e. The smallest absolute Gasteiger partial charge is 0.268 e. The van der Waals surface area contributed by atoms with E-state index in [9.17, 15) is 9.18 Å². The highest BCUT2D eigenvalue weighted by Crippen LogP contribution is 2.37. The highest BCUT2D eigenvalue weighted by molar-refractivity contribution is 6.00. The van der Waals surface area contributed by atoms with Crippen molar-refractivity contribution >= 4 is 17.3 Å². The molecule has 2 aromatic carbocycles. The number of benzene rings is 2. The van der Waals surface area contributed by atoms with E-state index in [0.29, 0.717) is 29.1 Å². The first kappa shape index (κ1) is 14.4. The van der Waals surface area contributed by atoms with Crippen LogP contribution in [0.15, 0.2) is 42.5 Å². The van der Waals surface area contributed by atoms with Crippen LogP contribution < -0.4 is 15.4 Å². The van der Waals surface area contributed by atoms with Gasteiger partial charge in [-0.2, -0.15) is 0 Å². The maximum atomic E-state index is 13.9. The molecule has 0 saturated carbocycles. The minimum atomic E-state index is -0.553. The van der Waals surface area contributed by atoms with E-state index in [1.54, 1.807) is 41.3 Å². The Morgan fingerprint density at radius 2 is 2.05 bits per heavy atom. The fourth-order valence-electron chi connectivity index (χ4n) is 2.56. The third-order valence-corrected chi connectivity index (χ3v) is 3.74. The van der Waals surface area contributed by atoms with Crippen LogP contribution in [0.1, 0.15) is 18.9 Å². The van der Waals surface area contributed by atoms with Crippen LogP contribution in [-0.2, 0) is 11.3 Å². The maximum absolute atomic E-state index is 13.9. The lowest BCUT2D eigenvalue weighted by atomic mass is 10.1. The minimum absolute atomic E-state index is 0.155. The van der Waals surface area contributed by atoms with Crippen molar-refractivity contribution in [2.24, 2.45) is 0 Å². The number of carbonyl (C=O) groups is 1. The van der Waals surface area contributed by atoms with E-state index < -0.39 is 6.10 Å². The molecule has 0 aromatic heterocycles. The van der Waals surface area contributed by atoms with E-state index in [1.165, 1.54) is 6.07 Å². The molecule has 1 aliphatic heterocycles. The third kappa shape index (κ3) is 2.50. The summed E-state index contributed by atoms with van der Waals surface area (Å²) >= 11 is 0. The topological polar surface area (TPSA) is 55.6 Å². The Morgan fingerprint density at radius 1 is 1.27 bits per heavy atom. The summed E-state index contributed by atoms with van der Waals surface area (Å²) in [5, 5.41) is 0. The second-order valence-electron chi connectivity index (χ2n) is 5.26. The number of anilines is 2. The Balaban J connectivity index is 2.03. The van der Waals surface area contributed by atoms with Gasteiger partial charge in [0.15, 0.2) is 6.10 Å². The van der Waals surface area contributed by atoms with Crippen molar-refractivity contribution in [3.8, 4) is 5.75 Å². The van der Waals surface area contributed by atoms with E-state index in [-0.39, 0.29) is 18.3 Å². The van der Waals surface area contributed by atoms with Crippen LogP contribution in [0.25, 0.3) is 0 Å². The molecular formula is C17H17FN2O2. The molecule has 0 saturated heterocycles. The number of fused-ring (bicyclic) bond motifs is 1. The van der Waals surface area contributed by atoms with Crippen molar-refractivity contribution in [2.75, 3.05) is 10.6 Å². The molecule has 0 aliphatic carbocycles. The van der Waals surface area contributed by atoms with Gasteiger partial charge in [0.05, 0.1) is 12.2 Å². The normalized spacial score (nSPS) is 17.1. The summed E-state index contributed by atoms with van der Waals surface area (Å²) in [4.78, 5) is 14.1. The van der Waals surface area contributed by atoms with Crippen LogP contribution in [0.2, 0.25) is 0 Å². The van der Waals surface area contributed by atoms with Gasteiger partial charge in [-0.1, -0.05) is 25.1 Å². The standard InChI is InChI=1S/C17H17FN2O2/c1-2-15-17(21)20(10-11-5-3-4-6-13(11)18)14-9-12(19)7-8-16(14)22-15/h3-9,15H,2,10,19H2,1H3. The summed E-state index contributed by atoms with van der Waals surface area (Å²) in [6.45, 7) is 2.04. The molecule has 0 fully saturated rings. The summed E-state index contributed by atoms with van der Waals surface area (Å²) in [5.74, 6) is 0.0844. The Hall–Kier alpha value is -2.56. The van der Waals surface area contributed by atoms with Crippen molar-refractivity contribution in [3.05, 3.63) is 53.8 Å². The first-order valence-electron chi connectivity index (χ1n) is 7.21. The van der Waals surface area contributed by atoms with Crippen molar-refractivity contribution in [1.82, 2.24) is 0 Å². The molecule has 2 aromatic rings. The molecule has 0 spiro atoms. The van der Waals surface area contributed by atoms with Gasteiger partial charge in [0.25, 0.3) is 5.91 Å². The van der Waals surface area contributed by atoms with Crippen LogP contribution in [0.4, 0.5) is 15.8 Å². The molecule has 1 amide bonds. The Morgan fingerprint density at radius 3 is 2.77 bits per heavy atom. The fraction of sp³-hybridized carbons (Fsp3) is 0.235. The number of carbonyl (C=O) groups excluding carboxylic acids is 1. The first-order valence-corrected chi connectivity index (χ1v) is 7.21. The van der Waals surface area contributed by atoms with Gasteiger partial charge in [-0.15, -0.1) is 0 Å². The minimum Gasteiger partial charge on any atom is -0.478 e. The molecule has 1 unspecified atom stereocenters. The summed E-state index contributed by atoms with van der Waals surface area (Å²) in [7, 11) is 0. The van der Waals surface area contributed by atoms with Crippen molar-refractivity contribution in [3.63, 3.8) is 0 Å². The third-order valence-electron chi connectivity index (χ3n) is 3.74. The van der Waals surface area contributed by atoms with E-state index in [1.807, 2.05) is 6.92 Å². The number of ether oxygens (including phenoxy) is 1. The average molecular weight is 300 g/mol. The first-order chi connectivity index (χ1) is 10.6. The number of hydrogen-bond acceptors (Lipinski definition) is 3. The molecule has 1 heterocycles. The monoisotopic (exact) mass is 300 g/mol. The zero-order valence-electron chi connectivity index (χ0n) is 12.3. The molecule has 3 rings (SSSR count). The second-order valence-corrected chi connectivity index (χ2v) is 5.26. The highest BCUT2D eigenvalue weighted by Gasteiger charge is 2.33. The number of halogens is 1. The Kier molecular flexibility index (Phi) is 3.71. The molecule has 4 nitrogen and oxygen atoms in total. The van der Waals surface area contributed by atoms with Crippen LogP contribution in [-0.4, -0.2) is 12.0 Å². The van der Waals surface area contributed by atoms with E-state index in [4.69, 9.17) is 10.5 Å². The van der Waals surface area contributed by atoms with Crippen LogP contribution >= 0.6 is 0 Å². The van der Waals surface area contributed by atoms with Gasteiger partial charge in [0.1, 0.15) is 11.6 Å². The molecule has 0 radical (unpaired) electrons. The van der Waals surface area contributed by atoms with Gasteiger partial charge in [-0.25, -0.2) is 4.39 Å². The van der Waals surface area contributed by atoms with E-state index in [2.05, 4.69) is 0 Å². The zero-order valence-corrected chi connectivity index (χ0v) is 12.3. The molecule has 114 valence electrons. The second kappa shape index (κ2) is 5.67. The lowest BCUT2D eigenvalue weighted by molar-refractivity contribution is -0.126. The van der Waals surface area contributed by atoms with Gasteiger partial charge < -0.3 is 15.4 Å². The number of nitrogen functional groups attached to an aromatic ring is 1. The molecule has 0 bridgehead atoms. The van der Waals surface area contributed by atoms with Crippen molar-refractivity contribution in [2.45, 2.75) is 26.0 Å². The Labute approximate surface area is 128 Å².